The summed E-state index contributed by atoms with van der Waals surface area (Å²) < 4.78 is 26.5. The fraction of sp³-hybridized carbons (Fsp3) is 0.824. The van der Waals surface area contributed by atoms with Crippen molar-refractivity contribution in [3.05, 3.63) is 12.2 Å². The highest BCUT2D eigenvalue weighted by molar-refractivity contribution is 5.56. The summed E-state index contributed by atoms with van der Waals surface area (Å²) in [5.74, 6) is 0.352. The molecule has 0 N–H and O–H groups in total. The van der Waals surface area contributed by atoms with Gasteiger partial charge < -0.3 is 0 Å². The lowest BCUT2D eigenvalue weighted by molar-refractivity contribution is -0.0802. The highest BCUT2D eigenvalue weighted by Gasteiger charge is 2.46. The van der Waals surface area contributed by atoms with Gasteiger partial charge in [0.15, 0.2) is 0 Å². The molecule has 0 fully saturated rings. The zero-order valence-electron chi connectivity index (χ0n) is 14.2. The molecule has 1 aliphatic carbocycles. The Bertz CT molecular complexity index is 385. The van der Waals surface area contributed by atoms with Gasteiger partial charge in [-0.25, -0.2) is 5.01 Å². The molecule has 0 aromatic carbocycles. The summed E-state index contributed by atoms with van der Waals surface area (Å²) >= 11 is 0. The van der Waals surface area contributed by atoms with E-state index in [0.717, 1.165) is 17.9 Å². The molecule has 0 radical (unpaired) electrons. The lowest BCUT2D eigenvalue weighted by atomic mass is 9.63. The van der Waals surface area contributed by atoms with Crippen molar-refractivity contribution in [2.45, 2.75) is 73.4 Å². The molecule has 3 atom stereocenters. The molecule has 0 saturated carbocycles. The minimum atomic E-state index is -2.56. The van der Waals surface area contributed by atoms with Gasteiger partial charge in [-0.2, -0.15) is 13.9 Å². The van der Waals surface area contributed by atoms with Gasteiger partial charge in [0.2, 0.25) is 0 Å². The summed E-state index contributed by atoms with van der Waals surface area (Å²) in [5.41, 5.74) is 0.0447. The van der Waals surface area contributed by atoms with Gasteiger partial charge in [-0.15, -0.1) is 0 Å². The minimum Gasteiger partial charge on any atom is -0.230 e. The Morgan fingerprint density at radius 3 is 2.38 bits per heavy atom. The zero-order chi connectivity index (χ0) is 16.3. The molecule has 0 aliphatic heterocycles. The van der Waals surface area contributed by atoms with E-state index in [2.05, 4.69) is 45.8 Å². The molecule has 0 heterocycles. The summed E-state index contributed by atoms with van der Waals surface area (Å²) in [6, 6.07) is -0.310. The summed E-state index contributed by atoms with van der Waals surface area (Å²) in [6.07, 6.45) is 8.27. The number of halogens is 2. The van der Waals surface area contributed by atoms with Gasteiger partial charge in [-0.1, -0.05) is 53.7 Å². The minimum absolute atomic E-state index is 0.229. The lowest BCUT2D eigenvalue weighted by Crippen LogP contribution is -2.52. The summed E-state index contributed by atoms with van der Waals surface area (Å²) in [7, 11) is 0. The average molecular weight is 300 g/mol. The molecule has 4 heteroatoms. The highest BCUT2D eigenvalue weighted by atomic mass is 19.3. The summed E-state index contributed by atoms with van der Waals surface area (Å²) in [4.78, 5) is 0. The molecule has 21 heavy (non-hydrogen) atoms. The molecule has 1 rings (SSSR count). The second kappa shape index (κ2) is 6.89. The molecule has 0 aromatic heterocycles. The first-order valence-electron chi connectivity index (χ1n) is 7.90. The van der Waals surface area contributed by atoms with Gasteiger partial charge in [0.1, 0.15) is 0 Å². The smallest absolute Gasteiger partial charge is 0.230 e. The van der Waals surface area contributed by atoms with Gasteiger partial charge >= 0.3 is 6.55 Å². The van der Waals surface area contributed by atoms with Crippen molar-refractivity contribution in [3.8, 4) is 0 Å². The standard InChI is InChI=1S/C17H30F2N2/c1-7-12-20-21(15(18)19)14-9-11-17(14,6)13(2)8-10-16(3,4)5/h9,11-15H,7-8,10H2,1-6H3/b20-12-/t13-,14?,17+/m1/s1. The van der Waals surface area contributed by atoms with Crippen LogP contribution in [0.4, 0.5) is 8.78 Å². The number of rotatable bonds is 7. The van der Waals surface area contributed by atoms with Crippen LogP contribution in [-0.4, -0.2) is 23.8 Å². The maximum absolute atomic E-state index is 13.3. The van der Waals surface area contributed by atoms with Gasteiger partial charge in [0.05, 0.1) is 6.04 Å². The Labute approximate surface area is 128 Å². The van der Waals surface area contributed by atoms with Crippen LogP contribution in [0.1, 0.15) is 60.8 Å². The van der Waals surface area contributed by atoms with E-state index in [1.165, 1.54) is 0 Å². The number of nitrogens with zero attached hydrogens (tertiary/aromatic N) is 2. The maximum Gasteiger partial charge on any atom is 0.330 e. The molecule has 2 nitrogen and oxygen atoms in total. The summed E-state index contributed by atoms with van der Waals surface area (Å²) in [5, 5.41) is 4.91. The Morgan fingerprint density at radius 1 is 1.38 bits per heavy atom. The van der Waals surface area contributed by atoms with Gasteiger partial charge in [-0.3, -0.25) is 0 Å². The molecular weight excluding hydrogens is 270 g/mol. The number of hydrazone groups is 1. The highest BCUT2D eigenvalue weighted by Crippen LogP contribution is 2.46. The molecule has 0 saturated heterocycles. The normalized spacial score (nSPS) is 27.2. The first kappa shape index (κ1) is 18.1. The van der Waals surface area contributed by atoms with Crippen molar-refractivity contribution < 1.29 is 8.78 Å². The van der Waals surface area contributed by atoms with Crippen LogP contribution >= 0.6 is 0 Å². The van der Waals surface area contributed by atoms with Crippen molar-refractivity contribution in [3.63, 3.8) is 0 Å². The van der Waals surface area contributed by atoms with E-state index >= 15 is 0 Å². The van der Waals surface area contributed by atoms with E-state index in [9.17, 15) is 8.78 Å². The quantitative estimate of drug-likeness (QED) is 0.269. The molecule has 0 amide bonds. The predicted molar refractivity (Wildman–Crippen MR) is 85.5 cm³/mol. The van der Waals surface area contributed by atoms with Gasteiger partial charge in [0.25, 0.3) is 0 Å². The Morgan fingerprint density at radius 2 is 2.00 bits per heavy atom. The Balaban J connectivity index is 2.77. The van der Waals surface area contributed by atoms with E-state index in [1.54, 1.807) is 6.21 Å². The van der Waals surface area contributed by atoms with Crippen LogP contribution in [0.2, 0.25) is 0 Å². The van der Waals surface area contributed by atoms with Gasteiger partial charge in [-0.05, 0) is 30.6 Å². The first-order chi connectivity index (χ1) is 9.62. The van der Waals surface area contributed by atoms with Gasteiger partial charge in [0, 0.05) is 11.6 Å². The van der Waals surface area contributed by atoms with Crippen LogP contribution in [0.15, 0.2) is 17.3 Å². The van der Waals surface area contributed by atoms with E-state index in [1.807, 2.05) is 13.0 Å². The third-order valence-electron chi connectivity index (χ3n) is 4.55. The van der Waals surface area contributed by atoms with Crippen molar-refractivity contribution in [2.24, 2.45) is 21.8 Å². The molecule has 0 spiro atoms. The lowest BCUT2D eigenvalue weighted by Gasteiger charge is -2.49. The van der Waals surface area contributed by atoms with Crippen LogP contribution < -0.4 is 0 Å². The second-order valence-corrected chi connectivity index (χ2v) is 7.53. The fourth-order valence-corrected chi connectivity index (χ4v) is 2.69. The molecule has 1 aliphatic rings. The topological polar surface area (TPSA) is 15.6 Å². The largest absolute Gasteiger partial charge is 0.330 e. The van der Waals surface area contributed by atoms with E-state index in [4.69, 9.17) is 0 Å². The van der Waals surface area contributed by atoms with Crippen LogP contribution in [0.3, 0.4) is 0 Å². The molecule has 0 aromatic rings. The summed E-state index contributed by atoms with van der Waals surface area (Å²) in [6.45, 7) is 10.2. The number of hydrogen-bond acceptors (Lipinski definition) is 2. The van der Waals surface area contributed by atoms with Crippen LogP contribution in [0, 0.1) is 16.7 Å². The van der Waals surface area contributed by atoms with Crippen molar-refractivity contribution in [2.75, 3.05) is 0 Å². The SMILES string of the molecule is CC/C=N\N(C(F)F)C1C=C[C@@]1(C)[C@H](C)CCC(C)(C)C. The van der Waals surface area contributed by atoms with Crippen molar-refractivity contribution in [1.82, 2.24) is 5.01 Å². The third-order valence-corrected chi connectivity index (χ3v) is 4.55. The first-order valence-corrected chi connectivity index (χ1v) is 7.90. The monoisotopic (exact) mass is 300 g/mol. The zero-order valence-corrected chi connectivity index (χ0v) is 14.2. The second-order valence-electron chi connectivity index (χ2n) is 7.53. The Hall–Kier alpha value is -0.930. The Kier molecular flexibility index (Phi) is 5.94. The predicted octanol–water partition coefficient (Wildman–Crippen LogP) is 5.31. The average Bonchev–Trinajstić information content (AvgIpc) is 2.37. The molecule has 122 valence electrons. The van der Waals surface area contributed by atoms with Crippen LogP contribution in [0.5, 0.6) is 0 Å². The van der Waals surface area contributed by atoms with E-state index in [-0.39, 0.29) is 16.9 Å². The maximum atomic E-state index is 13.3. The van der Waals surface area contributed by atoms with E-state index in [0.29, 0.717) is 12.3 Å². The molecule has 1 unspecified atom stereocenters. The number of hydrogen-bond donors (Lipinski definition) is 0. The van der Waals surface area contributed by atoms with Crippen molar-refractivity contribution in [1.29, 1.82) is 0 Å². The van der Waals surface area contributed by atoms with Crippen LogP contribution in [0.25, 0.3) is 0 Å². The van der Waals surface area contributed by atoms with Crippen LogP contribution in [-0.2, 0) is 0 Å². The fourth-order valence-electron chi connectivity index (χ4n) is 2.69. The van der Waals surface area contributed by atoms with E-state index < -0.39 is 6.55 Å². The number of alkyl halides is 2. The van der Waals surface area contributed by atoms with Crippen molar-refractivity contribution >= 4 is 6.21 Å². The molecule has 0 bridgehead atoms. The third kappa shape index (κ3) is 4.52. The molecular formula is C17H30F2N2.